The number of carbonyl (C=O) groups excluding carboxylic acids is 1. The van der Waals surface area contributed by atoms with Crippen molar-refractivity contribution < 1.29 is 9.53 Å². The first-order valence-electron chi connectivity index (χ1n) is 4.73. The van der Waals surface area contributed by atoms with Crippen molar-refractivity contribution in [3.8, 4) is 0 Å². The molecule has 0 aliphatic carbocycles. The lowest BCUT2D eigenvalue weighted by atomic mass is 10.1. The monoisotopic (exact) mass is 231 g/mol. The number of halogens is 1. The number of hydrogen-bond donors (Lipinski definition) is 1. The molecule has 1 aliphatic heterocycles. The maximum atomic E-state index is 11.4. The number of aromatic nitrogens is 2. The topological polar surface area (TPSA) is 56.1 Å². The summed E-state index contributed by atoms with van der Waals surface area (Å²) in [6.45, 7) is 3.48. The molecule has 0 fully saturated rings. The van der Waals surface area contributed by atoms with Crippen LogP contribution in [-0.4, -0.2) is 28.9 Å². The van der Waals surface area contributed by atoms with Gasteiger partial charge in [-0.25, -0.2) is 4.68 Å². The summed E-state index contributed by atoms with van der Waals surface area (Å²) in [4.78, 5) is 11.4. The van der Waals surface area contributed by atoms with Gasteiger partial charge in [-0.15, -0.1) is 12.4 Å². The van der Waals surface area contributed by atoms with Crippen molar-refractivity contribution in [2.24, 2.45) is 5.92 Å². The Morgan fingerprint density at radius 2 is 2.60 bits per heavy atom. The summed E-state index contributed by atoms with van der Waals surface area (Å²) in [5, 5.41) is 7.23. The van der Waals surface area contributed by atoms with E-state index < -0.39 is 0 Å². The van der Waals surface area contributed by atoms with Gasteiger partial charge in [0.05, 0.1) is 25.3 Å². The fourth-order valence-corrected chi connectivity index (χ4v) is 1.55. The van der Waals surface area contributed by atoms with E-state index in [-0.39, 0.29) is 24.3 Å². The zero-order valence-electron chi connectivity index (χ0n) is 8.47. The number of anilines is 1. The SMILES string of the molecule is CCOC(=O)C1CNc2ccnn2C1.Cl. The van der Waals surface area contributed by atoms with E-state index in [1.165, 1.54) is 0 Å². The van der Waals surface area contributed by atoms with Crippen LogP contribution in [0, 0.1) is 5.92 Å². The summed E-state index contributed by atoms with van der Waals surface area (Å²) in [6, 6.07) is 1.89. The molecule has 1 unspecified atom stereocenters. The van der Waals surface area contributed by atoms with Gasteiger partial charge in [0.1, 0.15) is 5.82 Å². The highest BCUT2D eigenvalue weighted by Gasteiger charge is 2.25. The van der Waals surface area contributed by atoms with Crippen molar-refractivity contribution in [2.75, 3.05) is 18.5 Å². The molecule has 2 rings (SSSR count). The van der Waals surface area contributed by atoms with Crippen LogP contribution >= 0.6 is 12.4 Å². The molecule has 2 heterocycles. The maximum Gasteiger partial charge on any atom is 0.312 e. The maximum absolute atomic E-state index is 11.4. The molecule has 1 aromatic heterocycles. The Morgan fingerprint density at radius 3 is 3.33 bits per heavy atom. The molecule has 6 heteroatoms. The van der Waals surface area contributed by atoms with E-state index in [0.29, 0.717) is 19.7 Å². The molecule has 1 atom stereocenters. The van der Waals surface area contributed by atoms with E-state index in [9.17, 15) is 4.79 Å². The number of fused-ring (bicyclic) bond motifs is 1. The van der Waals surface area contributed by atoms with Gasteiger partial charge in [0.25, 0.3) is 0 Å². The molecule has 0 radical (unpaired) electrons. The van der Waals surface area contributed by atoms with E-state index in [4.69, 9.17) is 4.74 Å². The first kappa shape index (κ1) is 11.8. The first-order valence-corrected chi connectivity index (χ1v) is 4.73. The zero-order valence-corrected chi connectivity index (χ0v) is 9.29. The molecule has 0 bridgehead atoms. The fraction of sp³-hybridized carbons (Fsp3) is 0.556. The van der Waals surface area contributed by atoms with Gasteiger partial charge < -0.3 is 10.1 Å². The Kier molecular flexibility index (Phi) is 3.96. The van der Waals surface area contributed by atoms with E-state index in [0.717, 1.165) is 5.82 Å². The highest BCUT2D eigenvalue weighted by Crippen LogP contribution is 2.16. The molecule has 0 saturated carbocycles. The number of carbonyl (C=O) groups is 1. The largest absolute Gasteiger partial charge is 0.466 e. The summed E-state index contributed by atoms with van der Waals surface area (Å²) in [7, 11) is 0. The van der Waals surface area contributed by atoms with Crippen LogP contribution in [0.15, 0.2) is 12.3 Å². The second-order valence-electron chi connectivity index (χ2n) is 3.23. The van der Waals surface area contributed by atoms with Crippen LogP contribution in [0.3, 0.4) is 0 Å². The van der Waals surface area contributed by atoms with Gasteiger partial charge >= 0.3 is 5.97 Å². The van der Waals surface area contributed by atoms with E-state index in [2.05, 4.69) is 10.4 Å². The standard InChI is InChI=1S/C9H13N3O2.ClH/c1-2-14-9(13)7-5-10-8-3-4-11-12(8)6-7;/h3-4,7,10H,2,5-6H2,1H3;1H. The molecule has 1 aromatic rings. The Bertz CT molecular complexity index is 340. The van der Waals surface area contributed by atoms with Crippen molar-refractivity contribution >= 4 is 24.2 Å². The van der Waals surface area contributed by atoms with Gasteiger partial charge in [0.15, 0.2) is 0 Å². The Hall–Kier alpha value is -1.23. The van der Waals surface area contributed by atoms with Crippen LogP contribution in [-0.2, 0) is 16.1 Å². The molecule has 0 saturated heterocycles. The minimum Gasteiger partial charge on any atom is -0.466 e. The summed E-state index contributed by atoms with van der Waals surface area (Å²) in [6.07, 6.45) is 1.72. The van der Waals surface area contributed by atoms with E-state index in [1.54, 1.807) is 10.9 Å². The molecule has 15 heavy (non-hydrogen) atoms. The minimum atomic E-state index is -0.152. The predicted molar refractivity (Wildman–Crippen MR) is 58.1 cm³/mol. The number of esters is 1. The van der Waals surface area contributed by atoms with E-state index in [1.807, 2.05) is 13.0 Å². The molecule has 0 aromatic carbocycles. The quantitative estimate of drug-likeness (QED) is 0.769. The van der Waals surface area contributed by atoms with Crippen LogP contribution in [0.4, 0.5) is 5.82 Å². The van der Waals surface area contributed by atoms with Crippen molar-refractivity contribution in [1.82, 2.24) is 9.78 Å². The molecule has 0 amide bonds. The average Bonchev–Trinajstić information content (AvgIpc) is 2.64. The highest BCUT2D eigenvalue weighted by molar-refractivity contribution is 5.85. The van der Waals surface area contributed by atoms with Gasteiger partial charge in [-0.05, 0) is 6.92 Å². The number of nitrogens with zero attached hydrogens (tertiary/aromatic N) is 2. The zero-order chi connectivity index (χ0) is 9.97. The van der Waals surface area contributed by atoms with Crippen LogP contribution in [0.5, 0.6) is 0 Å². The van der Waals surface area contributed by atoms with Crippen LogP contribution in [0.25, 0.3) is 0 Å². The first-order chi connectivity index (χ1) is 6.81. The minimum absolute atomic E-state index is 0. The lowest BCUT2D eigenvalue weighted by Crippen LogP contribution is -2.34. The van der Waals surface area contributed by atoms with Crippen molar-refractivity contribution in [3.05, 3.63) is 12.3 Å². The molecular formula is C9H14ClN3O2. The third kappa shape index (κ3) is 2.41. The lowest BCUT2D eigenvalue weighted by Gasteiger charge is -2.23. The summed E-state index contributed by atoms with van der Waals surface area (Å²) in [5.74, 6) is 0.689. The van der Waals surface area contributed by atoms with Crippen molar-refractivity contribution in [1.29, 1.82) is 0 Å². The van der Waals surface area contributed by atoms with Gasteiger partial charge in [-0.3, -0.25) is 4.79 Å². The van der Waals surface area contributed by atoms with Gasteiger partial charge in [0, 0.05) is 12.6 Å². The fourth-order valence-electron chi connectivity index (χ4n) is 1.55. The number of rotatable bonds is 2. The molecule has 84 valence electrons. The molecular weight excluding hydrogens is 218 g/mol. The number of nitrogens with one attached hydrogen (secondary N) is 1. The second-order valence-corrected chi connectivity index (χ2v) is 3.23. The van der Waals surface area contributed by atoms with E-state index >= 15 is 0 Å². The van der Waals surface area contributed by atoms with Crippen molar-refractivity contribution in [3.63, 3.8) is 0 Å². The molecule has 0 spiro atoms. The summed E-state index contributed by atoms with van der Waals surface area (Å²) in [5.41, 5.74) is 0. The third-order valence-corrected chi connectivity index (χ3v) is 2.26. The summed E-state index contributed by atoms with van der Waals surface area (Å²) < 4.78 is 6.74. The second kappa shape index (κ2) is 5.02. The van der Waals surface area contributed by atoms with Gasteiger partial charge in [0.2, 0.25) is 0 Å². The van der Waals surface area contributed by atoms with Gasteiger partial charge in [-0.1, -0.05) is 0 Å². The average molecular weight is 232 g/mol. The highest BCUT2D eigenvalue weighted by atomic mass is 35.5. The number of ether oxygens (including phenoxy) is 1. The van der Waals surface area contributed by atoms with Crippen LogP contribution < -0.4 is 5.32 Å². The smallest absolute Gasteiger partial charge is 0.312 e. The Balaban J connectivity index is 0.00000112. The molecule has 1 aliphatic rings. The van der Waals surface area contributed by atoms with Crippen molar-refractivity contribution in [2.45, 2.75) is 13.5 Å². The normalized spacial score (nSPS) is 18.3. The van der Waals surface area contributed by atoms with Crippen LogP contribution in [0.1, 0.15) is 6.92 Å². The molecule has 1 N–H and O–H groups in total. The summed E-state index contributed by atoms with van der Waals surface area (Å²) >= 11 is 0. The van der Waals surface area contributed by atoms with Crippen LogP contribution in [0.2, 0.25) is 0 Å². The lowest BCUT2D eigenvalue weighted by molar-refractivity contribution is -0.148. The number of hydrogen-bond acceptors (Lipinski definition) is 4. The van der Waals surface area contributed by atoms with Gasteiger partial charge in [-0.2, -0.15) is 5.10 Å². The third-order valence-electron chi connectivity index (χ3n) is 2.26. The molecule has 5 nitrogen and oxygen atoms in total. The predicted octanol–water partition coefficient (Wildman–Crippen LogP) is 0.910. The Labute approximate surface area is 94.2 Å². The Morgan fingerprint density at radius 1 is 1.80 bits per heavy atom.